The fourth-order valence-electron chi connectivity index (χ4n) is 1.47. The number of aromatic nitrogens is 2. The van der Waals surface area contributed by atoms with E-state index in [1.54, 1.807) is 12.3 Å². The minimum Gasteiger partial charge on any atom is -0.439 e. The molecule has 2 rings (SSSR count). The van der Waals surface area contributed by atoms with Crippen LogP contribution in [0.5, 0.6) is 11.6 Å². The first-order valence-corrected chi connectivity index (χ1v) is 5.51. The van der Waals surface area contributed by atoms with Crippen LogP contribution in [0.1, 0.15) is 25.3 Å². The van der Waals surface area contributed by atoms with Crippen LogP contribution >= 0.6 is 0 Å². The van der Waals surface area contributed by atoms with E-state index in [-0.39, 0.29) is 5.95 Å². The third-order valence-corrected chi connectivity index (χ3v) is 2.40. The van der Waals surface area contributed by atoms with E-state index in [0.717, 1.165) is 5.75 Å². The van der Waals surface area contributed by atoms with E-state index < -0.39 is 0 Å². The van der Waals surface area contributed by atoms with Gasteiger partial charge in [-0.2, -0.15) is 4.98 Å². The van der Waals surface area contributed by atoms with E-state index in [1.807, 2.05) is 18.2 Å². The van der Waals surface area contributed by atoms with Gasteiger partial charge in [-0.15, -0.1) is 0 Å². The smallest absolute Gasteiger partial charge is 0.224 e. The number of rotatable bonds is 3. The fourth-order valence-corrected chi connectivity index (χ4v) is 1.47. The van der Waals surface area contributed by atoms with Crippen LogP contribution in [0, 0.1) is 0 Å². The molecule has 4 heteroatoms. The van der Waals surface area contributed by atoms with Crippen molar-refractivity contribution in [2.24, 2.45) is 0 Å². The van der Waals surface area contributed by atoms with Crippen molar-refractivity contribution in [3.05, 3.63) is 42.1 Å². The Labute approximate surface area is 100 Å². The highest BCUT2D eigenvalue weighted by Crippen LogP contribution is 2.23. The number of hydrogen-bond donors (Lipinski definition) is 1. The predicted molar refractivity (Wildman–Crippen MR) is 67.0 cm³/mol. The molecule has 1 aromatic heterocycles. The topological polar surface area (TPSA) is 61.0 Å². The number of anilines is 1. The van der Waals surface area contributed by atoms with Gasteiger partial charge in [-0.25, -0.2) is 4.98 Å². The Bertz CT molecular complexity index is 512. The van der Waals surface area contributed by atoms with Crippen LogP contribution in [0.15, 0.2) is 36.5 Å². The lowest BCUT2D eigenvalue weighted by atomic mass is 10.0. The van der Waals surface area contributed by atoms with Crippen molar-refractivity contribution in [1.82, 2.24) is 9.97 Å². The SMILES string of the molecule is CC(C)c1cccc(Oc2ccnc(N)n2)c1. The van der Waals surface area contributed by atoms with Gasteiger partial charge in [0, 0.05) is 12.3 Å². The van der Waals surface area contributed by atoms with E-state index in [1.165, 1.54) is 5.56 Å². The summed E-state index contributed by atoms with van der Waals surface area (Å²) in [5, 5.41) is 0. The molecule has 0 atom stereocenters. The highest BCUT2D eigenvalue weighted by Gasteiger charge is 2.03. The van der Waals surface area contributed by atoms with Crippen molar-refractivity contribution >= 4 is 5.95 Å². The maximum Gasteiger partial charge on any atom is 0.224 e. The molecular weight excluding hydrogens is 214 g/mol. The first-order valence-electron chi connectivity index (χ1n) is 5.51. The molecule has 4 nitrogen and oxygen atoms in total. The summed E-state index contributed by atoms with van der Waals surface area (Å²) in [5.41, 5.74) is 6.71. The van der Waals surface area contributed by atoms with Crippen molar-refractivity contribution in [1.29, 1.82) is 0 Å². The average Bonchev–Trinajstić information content (AvgIpc) is 2.29. The van der Waals surface area contributed by atoms with Crippen LogP contribution < -0.4 is 10.5 Å². The van der Waals surface area contributed by atoms with Crippen molar-refractivity contribution < 1.29 is 4.74 Å². The van der Waals surface area contributed by atoms with E-state index in [9.17, 15) is 0 Å². The van der Waals surface area contributed by atoms with Gasteiger partial charge in [-0.3, -0.25) is 0 Å². The second-order valence-electron chi connectivity index (χ2n) is 4.08. The summed E-state index contributed by atoms with van der Waals surface area (Å²) in [7, 11) is 0. The lowest BCUT2D eigenvalue weighted by Crippen LogP contribution is -1.96. The molecule has 0 amide bonds. The normalized spacial score (nSPS) is 10.5. The summed E-state index contributed by atoms with van der Waals surface area (Å²) in [6, 6.07) is 9.62. The van der Waals surface area contributed by atoms with Gasteiger partial charge in [0.05, 0.1) is 0 Å². The second kappa shape index (κ2) is 4.82. The Morgan fingerprint density at radius 2 is 2.06 bits per heavy atom. The Kier molecular flexibility index (Phi) is 3.23. The molecule has 0 aliphatic rings. The maximum absolute atomic E-state index is 5.62. The Hall–Kier alpha value is -2.10. The molecule has 0 saturated heterocycles. The van der Waals surface area contributed by atoms with Gasteiger partial charge in [0.25, 0.3) is 0 Å². The van der Waals surface area contributed by atoms with E-state index in [4.69, 9.17) is 10.5 Å². The van der Waals surface area contributed by atoms with Gasteiger partial charge in [0.1, 0.15) is 5.75 Å². The molecule has 0 aliphatic heterocycles. The molecule has 0 unspecified atom stereocenters. The van der Waals surface area contributed by atoms with Crippen LogP contribution in [0.4, 0.5) is 5.95 Å². The van der Waals surface area contributed by atoms with Gasteiger partial charge >= 0.3 is 0 Å². The van der Waals surface area contributed by atoms with Crippen molar-refractivity contribution in [3.8, 4) is 11.6 Å². The number of hydrogen-bond acceptors (Lipinski definition) is 4. The third-order valence-electron chi connectivity index (χ3n) is 2.40. The largest absolute Gasteiger partial charge is 0.439 e. The van der Waals surface area contributed by atoms with Crippen LogP contribution in [0.25, 0.3) is 0 Å². The summed E-state index contributed by atoms with van der Waals surface area (Å²) in [5.74, 6) is 1.89. The lowest BCUT2D eigenvalue weighted by molar-refractivity contribution is 0.461. The molecule has 0 radical (unpaired) electrons. The zero-order valence-corrected chi connectivity index (χ0v) is 9.92. The lowest BCUT2D eigenvalue weighted by Gasteiger charge is -2.08. The highest BCUT2D eigenvalue weighted by molar-refractivity contribution is 5.33. The van der Waals surface area contributed by atoms with Crippen molar-refractivity contribution in [2.45, 2.75) is 19.8 Å². The monoisotopic (exact) mass is 229 g/mol. The molecule has 2 aromatic rings. The average molecular weight is 229 g/mol. The quantitative estimate of drug-likeness (QED) is 0.878. The van der Waals surface area contributed by atoms with Crippen LogP contribution in [0.3, 0.4) is 0 Å². The second-order valence-corrected chi connectivity index (χ2v) is 4.08. The number of nitrogen functional groups attached to an aromatic ring is 1. The zero-order chi connectivity index (χ0) is 12.3. The summed E-state index contributed by atoms with van der Waals surface area (Å²) in [6.45, 7) is 4.28. The van der Waals surface area contributed by atoms with Crippen molar-refractivity contribution in [3.63, 3.8) is 0 Å². The van der Waals surface area contributed by atoms with Crippen molar-refractivity contribution in [2.75, 3.05) is 5.73 Å². The van der Waals surface area contributed by atoms with E-state index >= 15 is 0 Å². The molecule has 0 spiro atoms. The molecule has 2 N–H and O–H groups in total. The van der Waals surface area contributed by atoms with Gasteiger partial charge < -0.3 is 10.5 Å². The summed E-state index contributed by atoms with van der Waals surface area (Å²) in [6.07, 6.45) is 1.57. The van der Waals surface area contributed by atoms with Crippen LogP contribution in [-0.4, -0.2) is 9.97 Å². The van der Waals surface area contributed by atoms with Gasteiger partial charge in [-0.05, 0) is 23.6 Å². The Morgan fingerprint density at radius 3 is 2.76 bits per heavy atom. The first kappa shape index (κ1) is 11.4. The van der Waals surface area contributed by atoms with E-state index in [2.05, 4.69) is 29.9 Å². The predicted octanol–water partition coefficient (Wildman–Crippen LogP) is 2.97. The maximum atomic E-state index is 5.62. The number of nitrogens with two attached hydrogens (primary N) is 1. The molecule has 0 aliphatic carbocycles. The molecule has 17 heavy (non-hydrogen) atoms. The third kappa shape index (κ3) is 2.93. The number of ether oxygens (including phenoxy) is 1. The fraction of sp³-hybridized carbons (Fsp3) is 0.231. The minimum atomic E-state index is 0.211. The number of benzene rings is 1. The summed E-state index contributed by atoms with van der Waals surface area (Å²) >= 11 is 0. The van der Waals surface area contributed by atoms with Crippen LogP contribution in [-0.2, 0) is 0 Å². The molecule has 1 heterocycles. The summed E-state index contributed by atoms with van der Waals surface area (Å²) < 4.78 is 5.62. The van der Waals surface area contributed by atoms with Gasteiger partial charge in [-0.1, -0.05) is 26.0 Å². The summed E-state index contributed by atoms with van der Waals surface area (Å²) in [4.78, 5) is 7.80. The Balaban J connectivity index is 2.21. The highest BCUT2D eigenvalue weighted by atomic mass is 16.5. The Morgan fingerprint density at radius 1 is 1.24 bits per heavy atom. The minimum absolute atomic E-state index is 0.211. The molecule has 88 valence electrons. The molecule has 1 aromatic carbocycles. The number of nitrogens with zero attached hydrogens (tertiary/aromatic N) is 2. The zero-order valence-electron chi connectivity index (χ0n) is 9.92. The van der Waals surface area contributed by atoms with Gasteiger partial charge in [0.15, 0.2) is 0 Å². The molecular formula is C13H15N3O. The van der Waals surface area contributed by atoms with E-state index in [0.29, 0.717) is 11.8 Å². The molecule has 0 saturated carbocycles. The standard InChI is InChI=1S/C13H15N3O/c1-9(2)10-4-3-5-11(8-10)17-12-6-7-15-13(14)16-12/h3-9H,1-2H3,(H2,14,15,16). The molecule has 0 fully saturated rings. The first-order chi connectivity index (χ1) is 8.15. The van der Waals surface area contributed by atoms with Crippen LogP contribution in [0.2, 0.25) is 0 Å². The van der Waals surface area contributed by atoms with Gasteiger partial charge in [0.2, 0.25) is 11.8 Å². The molecule has 0 bridgehead atoms.